The first-order chi connectivity index (χ1) is 12.2. The second-order valence-corrected chi connectivity index (χ2v) is 6.06. The minimum atomic E-state index is 0.527. The van der Waals surface area contributed by atoms with Crippen molar-refractivity contribution in [3.8, 4) is 6.07 Å². The van der Waals surface area contributed by atoms with Gasteiger partial charge in [-0.2, -0.15) is 10.4 Å². The fourth-order valence-electron chi connectivity index (χ4n) is 3.26. The quantitative estimate of drug-likeness (QED) is 0.908. The number of nitrogen functional groups attached to an aromatic ring is 1. The van der Waals surface area contributed by atoms with E-state index in [9.17, 15) is 5.26 Å². The van der Waals surface area contributed by atoms with Gasteiger partial charge in [0, 0.05) is 26.2 Å². The van der Waals surface area contributed by atoms with Gasteiger partial charge in [0.2, 0.25) is 0 Å². The predicted molar refractivity (Wildman–Crippen MR) is 98.6 cm³/mol. The van der Waals surface area contributed by atoms with E-state index in [1.807, 2.05) is 19.1 Å². The zero-order valence-electron chi connectivity index (χ0n) is 14.7. The van der Waals surface area contributed by atoms with Crippen molar-refractivity contribution in [3.63, 3.8) is 0 Å². The van der Waals surface area contributed by atoms with Crippen LogP contribution in [0.5, 0.6) is 0 Å². The number of aromatic nitrogens is 3. The van der Waals surface area contributed by atoms with E-state index in [2.05, 4.69) is 38.0 Å². The maximum atomic E-state index is 9.66. The Morgan fingerprint density at radius 1 is 1.08 bits per heavy atom. The van der Waals surface area contributed by atoms with Crippen LogP contribution in [0.4, 0.5) is 17.3 Å². The average Bonchev–Trinajstić information content (AvgIpc) is 2.67. The second kappa shape index (κ2) is 7.34. The van der Waals surface area contributed by atoms with E-state index >= 15 is 0 Å². The van der Waals surface area contributed by atoms with Crippen LogP contribution in [-0.2, 0) is 12.8 Å². The molecule has 0 atom stereocenters. The van der Waals surface area contributed by atoms with Crippen molar-refractivity contribution < 1.29 is 0 Å². The van der Waals surface area contributed by atoms with Crippen molar-refractivity contribution in [2.45, 2.75) is 26.7 Å². The second-order valence-electron chi connectivity index (χ2n) is 6.06. The first kappa shape index (κ1) is 17.0. The van der Waals surface area contributed by atoms with Crippen molar-refractivity contribution in [2.24, 2.45) is 0 Å². The van der Waals surface area contributed by atoms with E-state index in [0.29, 0.717) is 17.2 Å². The summed E-state index contributed by atoms with van der Waals surface area (Å²) in [5, 5.41) is 18.4. The van der Waals surface area contributed by atoms with Gasteiger partial charge in [0.25, 0.3) is 0 Å². The Hall–Kier alpha value is -2.88. The van der Waals surface area contributed by atoms with Gasteiger partial charge in [-0.05, 0) is 30.5 Å². The summed E-state index contributed by atoms with van der Waals surface area (Å²) in [5.74, 6) is 1.24. The Kier molecular flexibility index (Phi) is 4.98. The SMILES string of the molecule is CCc1nnc(N2CCN(c3ccc(N)nc3)CC2)c(C#N)c1CC. The van der Waals surface area contributed by atoms with Crippen molar-refractivity contribution in [2.75, 3.05) is 41.7 Å². The van der Waals surface area contributed by atoms with Gasteiger partial charge < -0.3 is 15.5 Å². The smallest absolute Gasteiger partial charge is 0.169 e. The maximum absolute atomic E-state index is 9.66. The molecule has 2 aromatic heterocycles. The molecule has 7 heteroatoms. The molecule has 1 aliphatic rings. The highest BCUT2D eigenvalue weighted by atomic mass is 15.3. The molecule has 0 aromatic carbocycles. The van der Waals surface area contributed by atoms with Crippen LogP contribution < -0.4 is 15.5 Å². The molecule has 0 saturated carbocycles. The summed E-state index contributed by atoms with van der Waals surface area (Å²) in [7, 11) is 0. The average molecular weight is 337 g/mol. The van der Waals surface area contributed by atoms with Crippen molar-refractivity contribution >= 4 is 17.3 Å². The normalized spacial score (nSPS) is 14.4. The van der Waals surface area contributed by atoms with E-state index in [1.54, 1.807) is 6.20 Å². The molecule has 25 heavy (non-hydrogen) atoms. The van der Waals surface area contributed by atoms with E-state index < -0.39 is 0 Å². The van der Waals surface area contributed by atoms with Crippen LogP contribution in [0, 0.1) is 11.3 Å². The highest BCUT2D eigenvalue weighted by Gasteiger charge is 2.23. The Morgan fingerprint density at radius 2 is 1.80 bits per heavy atom. The number of hydrogen-bond acceptors (Lipinski definition) is 7. The lowest BCUT2D eigenvalue weighted by Crippen LogP contribution is -2.47. The number of nitrogens with two attached hydrogens (primary N) is 1. The standard InChI is InChI=1S/C18H23N7/c1-3-14-15(11-19)18(23-22-16(14)4-2)25-9-7-24(8-10-25)13-5-6-17(20)21-12-13/h5-6,12H,3-4,7-10H2,1-2H3,(H2,20,21). The van der Waals surface area contributed by atoms with Gasteiger partial charge in [-0.1, -0.05) is 13.8 Å². The Morgan fingerprint density at radius 3 is 2.36 bits per heavy atom. The molecular weight excluding hydrogens is 314 g/mol. The summed E-state index contributed by atoms with van der Waals surface area (Å²) in [6, 6.07) is 6.16. The van der Waals surface area contributed by atoms with Crippen LogP contribution in [0.25, 0.3) is 0 Å². The van der Waals surface area contributed by atoms with Crippen LogP contribution in [0.1, 0.15) is 30.7 Å². The molecule has 7 nitrogen and oxygen atoms in total. The van der Waals surface area contributed by atoms with E-state index in [4.69, 9.17) is 5.73 Å². The van der Waals surface area contributed by atoms with Crippen LogP contribution in [0.15, 0.2) is 18.3 Å². The molecule has 0 amide bonds. The number of anilines is 3. The fraction of sp³-hybridized carbons (Fsp3) is 0.444. The maximum Gasteiger partial charge on any atom is 0.169 e. The minimum absolute atomic E-state index is 0.527. The molecule has 0 bridgehead atoms. The first-order valence-corrected chi connectivity index (χ1v) is 8.67. The lowest BCUT2D eigenvalue weighted by atomic mass is 10.0. The van der Waals surface area contributed by atoms with Gasteiger partial charge in [0.05, 0.1) is 17.6 Å². The third-order valence-electron chi connectivity index (χ3n) is 4.65. The number of hydrogen-bond donors (Lipinski definition) is 1. The number of nitriles is 1. The van der Waals surface area contributed by atoms with E-state index in [0.717, 1.165) is 56.0 Å². The molecule has 0 aliphatic carbocycles. The Balaban J connectivity index is 1.79. The third-order valence-corrected chi connectivity index (χ3v) is 4.65. The van der Waals surface area contributed by atoms with Crippen LogP contribution in [0.2, 0.25) is 0 Å². The molecule has 1 fully saturated rings. The van der Waals surface area contributed by atoms with E-state index in [-0.39, 0.29) is 0 Å². The number of aryl methyl sites for hydroxylation is 1. The van der Waals surface area contributed by atoms with Gasteiger partial charge in [0.1, 0.15) is 17.5 Å². The topological polar surface area (TPSA) is 95.0 Å². The van der Waals surface area contributed by atoms with Crippen molar-refractivity contribution in [1.82, 2.24) is 15.2 Å². The summed E-state index contributed by atoms with van der Waals surface area (Å²) in [5.41, 5.74) is 9.35. The van der Waals surface area contributed by atoms with Crippen molar-refractivity contribution in [3.05, 3.63) is 35.2 Å². The zero-order chi connectivity index (χ0) is 17.8. The highest BCUT2D eigenvalue weighted by Crippen LogP contribution is 2.25. The van der Waals surface area contributed by atoms with Gasteiger partial charge in [-0.25, -0.2) is 4.98 Å². The first-order valence-electron chi connectivity index (χ1n) is 8.67. The highest BCUT2D eigenvalue weighted by molar-refractivity contribution is 5.59. The molecule has 2 aromatic rings. The largest absolute Gasteiger partial charge is 0.384 e. The van der Waals surface area contributed by atoms with E-state index in [1.165, 1.54) is 0 Å². The number of rotatable bonds is 4. The van der Waals surface area contributed by atoms with Gasteiger partial charge >= 0.3 is 0 Å². The molecule has 130 valence electrons. The molecule has 0 unspecified atom stereocenters. The monoisotopic (exact) mass is 337 g/mol. The summed E-state index contributed by atoms with van der Waals surface area (Å²) in [6.07, 6.45) is 3.39. The Bertz CT molecular complexity index is 771. The molecule has 3 heterocycles. The van der Waals surface area contributed by atoms with Crippen LogP contribution in [-0.4, -0.2) is 41.4 Å². The number of piperazine rings is 1. The molecule has 2 N–H and O–H groups in total. The molecule has 1 saturated heterocycles. The molecular formula is C18H23N7. The molecule has 0 radical (unpaired) electrons. The summed E-state index contributed by atoms with van der Waals surface area (Å²) in [6.45, 7) is 7.38. The lowest BCUT2D eigenvalue weighted by molar-refractivity contribution is 0.640. The van der Waals surface area contributed by atoms with Crippen molar-refractivity contribution in [1.29, 1.82) is 5.26 Å². The van der Waals surface area contributed by atoms with Gasteiger partial charge in [-0.3, -0.25) is 0 Å². The molecule has 3 rings (SSSR count). The molecule has 1 aliphatic heterocycles. The van der Waals surface area contributed by atoms with Gasteiger partial charge in [0.15, 0.2) is 5.82 Å². The number of pyridine rings is 1. The summed E-state index contributed by atoms with van der Waals surface area (Å²) >= 11 is 0. The predicted octanol–water partition coefficient (Wildman–Crippen LogP) is 1.78. The summed E-state index contributed by atoms with van der Waals surface area (Å²) < 4.78 is 0. The third kappa shape index (κ3) is 3.33. The van der Waals surface area contributed by atoms with Crippen LogP contribution in [0.3, 0.4) is 0 Å². The summed E-state index contributed by atoms with van der Waals surface area (Å²) in [4.78, 5) is 8.58. The lowest BCUT2D eigenvalue weighted by Gasteiger charge is -2.36. The Labute approximate surface area is 148 Å². The molecule has 0 spiro atoms. The zero-order valence-corrected chi connectivity index (χ0v) is 14.7. The fourth-order valence-corrected chi connectivity index (χ4v) is 3.26. The van der Waals surface area contributed by atoms with Gasteiger partial charge in [-0.15, -0.1) is 5.10 Å². The number of nitrogens with zero attached hydrogens (tertiary/aromatic N) is 6. The van der Waals surface area contributed by atoms with Crippen LogP contribution >= 0.6 is 0 Å². The minimum Gasteiger partial charge on any atom is -0.384 e.